The first kappa shape index (κ1) is 21.8. The molecule has 2 heterocycles. The van der Waals surface area contributed by atoms with Gasteiger partial charge in [0.2, 0.25) is 11.8 Å². The van der Waals surface area contributed by atoms with E-state index in [4.69, 9.17) is 0 Å². The Morgan fingerprint density at radius 2 is 1.90 bits per heavy atom. The topological polar surface area (TPSA) is 74.0 Å². The van der Waals surface area contributed by atoms with Gasteiger partial charge in [-0.2, -0.15) is 13.2 Å². The SMILES string of the molecule is C[C@@H](c1[nH]c(-c2ccc(F)cc2)c(CCC(=O)NC2CCNC2=O)c1F)C(F)(F)F. The molecule has 30 heavy (non-hydrogen) atoms. The van der Waals surface area contributed by atoms with Gasteiger partial charge >= 0.3 is 6.18 Å². The van der Waals surface area contributed by atoms with Crippen molar-refractivity contribution in [3.05, 3.63) is 47.2 Å². The summed E-state index contributed by atoms with van der Waals surface area (Å²) in [6, 6.07) is 4.17. The van der Waals surface area contributed by atoms with Crippen LogP contribution in [0.3, 0.4) is 0 Å². The molecule has 2 atom stereocenters. The molecule has 3 N–H and O–H groups in total. The van der Waals surface area contributed by atoms with Gasteiger partial charge in [-0.1, -0.05) is 0 Å². The lowest BCUT2D eigenvalue weighted by Crippen LogP contribution is -2.40. The maximum absolute atomic E-state index is 15.0. The molecule has 0 bridgehead atoms. The van der Waals surface area contributed by atoms with Crippen LogP contribution < -0.4 is 10.6 Å². The Kier molecular flexibility index (Phi) is 6.14. The number of rotatable bonds is 6. The molecule has 5 nitrogen and oxygen atoms in total. The van der Waals surface area contributed by atoms with Crippen LogP contribution in [-0.2, 0) is 16.0 Å². The molecule has 3 rings (SSSR count). The van der Waals surface area contributed by atoms with Crippen molar-refractivity contribution in [2.45, 2.75) is 44.3 Å². The summed E-state index contributed by atoms with van der Waals surface area (Å²) in [5.41, 5.74) is -0.391. The van der Waals surface area contributed by atoms with E-state index in [0.717, 1.165) is 19.1 Å². The van der Waals surface area contributed by atoms with E-state index in [0.29, 0.717) is 18.5 Å². The number of nitrogens with one attached hydrogen (secondary N) is 3. The first-order valence-corrected chi connectivity index (χ1v) is 9.38. The largest absolute Gasteiger partial charge is 0.397 e. The number of amides is 2. The minimum absolute atomic E-state index is 0.0602. The fraction of sp³-hybridized carbons (Fsp3) is 0.400. The lowest BCUT2D eigenvalue weighted by Gasteiger charge is -2.14. The van der Waals surface area contributed by atoms with Crippen LogP contribution in [0.15, 0.2) is 24.3 Å². The number of hydrogen-bond donors (Lipinski definition) is 3. The first-order chi connectivity index (χ1) is 14.1. The molecule has 1 aliphatic rings. The van der Waals surface area contributed by atoms with Crippen molar-refractivity contribution in [1.82, 2.24) is 15.6 Å². The Labute approximate surface area is 169 Å². The predicted molar refractivity (Wildman–Crippen MR) is 98.5 cm³/mol. The van der Waals surface area contributed by atoms with Gasteiger partial charge in [-0.05, 0) is 49.6 Å². The molecule has 1 aliphatic heterocycles. The van der Waals surface area contributed by atoms with Gasteiger partial charge in [-0.15, -0.1) is 0 Å². The molecule has 0 aliphatic carbocycles. The highest BCUT2D eigenvalue weighted by molar-refractivity contribution is 5.89. The molecule has 1 saturated heterocycles. The Morgan fingerprint density at radius 3 is 2.47 bits per heavy atom. The van der Waals surface area contributed by atoms with Crippen molar-refractivity contribution < 1.29 is 31.5 Å². The highest BCUT2D eigenvalue weighted by Gasteiger charge is 2.40. The molecule has 1 aromatic heterocycles. The molecule has 2 amide bonds. The summed E-state index contributed by atoms with van der Waals surface area (Å²) < 4.78 is 67.6. The van der Waals surface area contributed by atoms with Gasteiger partial charge in [-0.3, -0.25) is 9.59 Å². The molecule has 10 heteroatoms. The molecule has 2 aromatic rings. The first-order valence-electron chi connectivity index (χ1n) is 9.38. The van der Waals surface area contributed by atoms with Crippen LogP contribution in [0.2, 0.25) is 0 Å². The molecular weight excluding hydrogens is 409 g/mol. The number of aromatic nitrogens is 1. The van der Waals surface area contributed by atoms with Crippen LogP contribution >= 0.6 is 0 Å². The number of halogens is 5. The van der Waals surface area contributed by atoms with E-state index < -0.39 is 41.4 Å². The fourth-order valence-electron chi connectivity index (χ4n) is 3.33. The standard InChI is InChI=1S/C20H20F5N3O2/c1-10(20(23,24)25)17-16(22)13(18(28-17)11-2-4-12(21)5-3-11)6-7-15(29)27-14-8-9-26-19(14)30/h2-5,10,14,28H,6-9H2,1H3,(H,26,30)(H,27,29)/t10-,14?/m0/s1. The lowest BCUT2D eigenvalue weighted by molar-refractivity contribution is -0.147. The third-order valence-corrected chi connectivity index (χ3v) is 5.11. The number of H-pyrrole nitrogens is 1. The van der Waals surface area contributed by atoms with Crippen molar-refractivity contribution in [2.75, 3.05) is 6.54 Å². The van der Waals surface area contributed by atoms with Crippen LogP contribution in [0.25, 0.3) is 11.3 Å². The van der Waals surface area contributed by atoms with Gasteiger partial charge in [-0.25, -0.2) is 8.78 Å². The average Bonchev–Trinajstić information content (AvgIpc) is 3.22. The van der Waals surface area contributed by atoms with E-state index in [1.54, 1.807) is 0 Å². The molecular formula is C20H20F5N3O2. The second kappa shape index (κ2) is 8.45. The van der Waals surface area contributed by atoms with E-state index in [9.17, 15) is 31.5 Å². The third-order valence-electron chi connectivity index (χ3n) is 5.11. The monoisotopic (exact) mass is 429 g/mol. The lowest BCUT2D eigenvalue weighted by atomic mass is 10.0. The van der Waals surface area contributed by atoms with Gasteiger partial charge in [0.1, 0.15) is 17.7 Å². The molecule has 0 radical (unpaired) electrons. The van der Waals surface area contributed by atoms with Crippen LogP contribution in [-0.4, -0.2) is 35.6 Å². The summed E-state index contributed by atoms with van der Waals surface area (Å²) in [4.78, 5) is 26.2. The van der Waals surface area contributed by atoms with Crippen molar-refractivity contribution >= 4 is 11.8 Å². The zero-order valence-electron chi connectivity index (χ0n) is 16.0. The van der Waals surface area contributed by atoms with E-state index in [1.165, 1.54) is 12.1 Å². The Morgan fingerprint density at radius 1 is 1.23 bits per heavy atom. The Bertz CT molecular complexity index is 937. The third kappa shape index (κ3) is 4.63. The van der Waals surface area contributed by atoms with Crippen LogP contribution in [0.5, 0.6) is 0 Å². The van der Waals surface area contributed by atoms with Gasteiger partial charge in [0.05, 0.1) is 17.3 Å². The van der Waals surface area contributed by atoms with E-state index in [-0.39, 0.29) is 30.0 Å². The van der Waals surface area contributed by atoms with Crippen molar-refractivity contribution in [3.63, 3.8) is 0 Å². The summed E-state index contributed by atoms with van der Waals surface area (Å²) >= 11 is 0. The maximum Gasteiger partial charge on any atom is 0.397 e. The smallest absolute Gasteiger partial charge is 0.355 e. The van der Waals surface area contributed by atoms with Gasteiger partial charge in [0.15, 0.2) is 0 Å². The van der Waals surface area contributed by atoms with E-state index in [2.05, 4.69) is 15.6 Å². The minimum Gasteiger partial charge on any atom is -0.355 e. The zero-order chi connectivity index (χ0) is 22.1. The highest BCUT2D eigenvalue weighted by atomic mass is 19.4. The molecule has 1 aromatic carbocycles. The Hall–Kier alpha value is -2.91. The van der Waals surface area contributed by atoms with Gasteiger partial charge < -0.3 is 15.6 Å². The maximum atomic E-state index is 15.0. The van der Waals surface area contributed by atoms with E-state index in [1.807, 2.05) is 0 Å². The van der Waals surface area contributed by atoms with Crippen LogP contribution in [0.1, 0.15) is 36.9 Å². The molecule has 1 unspecified atom stereocenters. The van der Waals surface area contributed by atoms with E-state index >= 15 is 0 Å². The number of carbonyl (C=O) groups is 2. The quantitative estimate of drug-likeness (QED) is 0.615. The summed E-state index contributed by atoms with van der Waals surface area (Å²) in [6.07, 6.45) is -4.67. The van der Waals surface area contributed by atoms with Crippen LogP contribution in [0, 0.1) is 11.6 Å². The predicted octanol–water partition coefficient (Wildman–Crippen LogP) is 3.56. The fourth-order valence-corrected chi connectivity index (χ4v) is 3.33. The Balaban J connectivity index is 1.87. The average molecular weight is 429 g/mol. The molecule has 0 spiro atoms. The number of alkyl halides is 3. The summed E-state index contributed by atoms with van der Waals surface area (Å²) in [7, 11) is 0. The second-order valence-electron chi connectivity index (χ2n) is 7.18. The number of benzene rings is 1. The van der Waals surface area contributed by atoms with Crippen molar-refractivity contribution in [1.29, 1.82) is 0 Å². The summed E-state index contributed by atoms with van der Waals surface area (Å²) in [5, 5.41) is 5.09. The van der Waals surface area contributed by atoms with Crippen molar-refractivity contribution in [2.24, 2.45) is 0 Å². The van der Waals surface area contributed by atoms with Crippen molar-refractivity contribution in [3.8, 4) is 11.3 Å². The van der Waals surface area contributed by atoms with Crippen LogP contribution in [0.4, 0.5) is 22.0 Å². The number of aromatic amines is 1. The normalized spacial score (nSPS) is 17.7. The molecule has 162 valence electrons. The zero-order valence-corrected chi connectivity index (χ0v) is 16.0. The minimum atomic E-state index is -4.67. The highest BCUT2D eigenvalue weighted by Crippen LogP contribution is 2.39. The van der Waals surface area contributed by atoms with Gasteiger partial charge in [0, 0.05) is 18.5 Å². The molecule has 1 fully saturated rings. The molecule has 0 saturated carbocycles. The summed E-state index contributed by atoms with van der Waals surface area (Å²) in [6.45, 7) is 1.27. The summed E-state index contributed by atoms with van der Waals surface area (Å²) in [5.74, 6) is -4.56. The van der Waals surface area contributed by atoms with Gasteiger partial charge in [0.25, 0.3) is 0 Å². The number of carbonyl (C=O) groups excluding carboxylic acids is 2. The second-order valence-corrected chi connectivity index (χ2v) is 7.18. The number of hydrogen-bond acceptors (Lipinski definition) is 2.